The predicted molar refractivity (Wildman–Crippen MR) is 124 cm³/mol. The van der Waals surface area contributed by atoms with Crippen LogP contribution < -0.4 is 10.6 Å². The van der Waals surface area contributed by atoms with Gasteiger partial charge in [-0.15, -0.1) is 10.2 Å². The number of carbonyl (C=O) groups excluding carboxylic acids is 1. The second kappa shape index (κ2) is 10.7. The van der Waals surface area contributed by atoms with E-state index >= 15 is 0 Å². The van der Waals surface area contributed by atoms with Gasteiger partial charge in [0.1, 0.15) is 18.1 Å². The van der Waals surface area contributed by atoms with Crippen LogP contribution in [0.1, 0.15) is 20.3 Å². The number of carbonyl (C=O) groups is 1. The van der Waals surface area contributed by atoms with Crippen molar-refractivity contribution in [2.24, 2.45) is 0 Å². The van der Waals surface area contributed by atoms with Crippen LogP contribution in [0.2, 0.25) is 0 Å². The highest BCUT2D eigenvalue weighted by atomic mass is 19.1. The van der Waals surface area contributed by atoms with E-state index in [4.69, 9.17) is 4.74 Å². The van der Waals surface area contributed by atoms with Gasteiger partial charge in [0.2, 0.25) is 5.82 Å². The quantitative estimate of drug-likeness (QED) is 0.481. The number of hydrogen-bond donors (Lipinski definition) is 1. The van der Waals surface area contributed by atoms with Gasteiger partial charge in [0.05, 0.1) is 18.8 Å². The van der Waals surface area contributed by atoms with Crippen molar-refractivity contribution < 1.29 is 19.7 Å². The molecule has 3 N–H and O–H groups in total. The van der Waals surface area contributed by atoms with Gasteiger partial charge in [0, 0.05) is 17.3 Å². The molecular formula is C23H30FN8O2+. The Morgan fingerprint density at radius 2 is 2.06 bits per heavy atom. The van der Waals surface area contributed by atoms with Crippen molar-refractivity contribution in [3.63, 3.8) is 0 Å². The molecule has 34 heavy (non-hydrogen) atoms. The molecule has 1 atom stereocenters. The number of tetrazole rings is 1. The highest BCUT2D eigenvalue weighted by Crippen LogP contribution is 2.29. The summed E-state index contributed by atoms with van der Waals surface area (Å²) in [4.78, 5) is 21.8. The monoisotopic (exact) mass is 469 g/mol. The predicted octanol–water partition coefficient (Wildman–Crippen LogP) is 1.84. The molecule has 180 valence electrons. The van der Waals surface area contributed by atoms with Crippen LogP contribution in [0.4, 0.5) is 14.9 Å². The van der Waals surface area contributed by atoms with Crippen LogP contribution in [-0.2, 0) is 11.3 Å². The van der Waals surface area contributed by atoms with Gasteiger partial charge in [-0.1, -0.05) is 19.9 Å². The lowest BCUT2D eigenvalue weighted by Gasteiger charge is -2.16. The molecule has 11 heteroatoms. The minimum atomic E-state index is -0.486. The number of benzene rings is 1. The van der Waals surface area contributed by atoms with Crippen molar-refractivity contribution in [1.29, 1.82) is 0 Å². The molecule has 1 amide bonds. The molecule has 3 heterocycles. The fourth-order valence-corrected chi connectivity index (χ4v) is 3.89. The van der Waals surface area contributed by atoms with E-state index in [-0.39, 0.29) is 6.10 Å². The van der Waals surface area contributed by atoms with Gasteiger partial charge in [0.15, 0.2) is 6.10 Å². The van der Waals surface area contributed by atoms with Crippen LogP contribution in [-0.4, -0.2) is 75.0 Å². The van der Waals surface area contributed by atoms with Crippen LogP contribution >= 0.6 is 0 Å². The molecule has 0 saturated carbocycles. The summed E-state index contributed by atoms with van der Waals surface area (Å²) in [5.74, 6) is -0.0204. The Balaban J connectivity index is 1.42. The van der Waals surface area contributed by atoms with E-state index in [1.54, 1.807) is 35.3 Å². The molecule has 0 aliphatic carbocycles. The molecule has 0 unspecified atom stereocenters. The molecule has 0 spiro atoms. The molecule has 3 aromatic rings. The van der Waals surface area contributed by atoms with Crippen molar-refractivity contribution in [1.82, 2.24) is 30.1 Å². The van der Waals surface area contributed by atoms with Gasteiger partial charge < -0.3 is 15.4 Å². The summed E-state index contributed by atoms with van der Waals surface area (Å²) in [5, 5.41) is 12.6. The number of ether oxygens (including phenoxy) is 1. The minimum absolute atomic E-state index is 0.277. The molecule has 0 bridgehead atoms. The lowest BCUT2D eigenvalue weighted by Crippen LogP contribution is -2.56. The molecule has 10 nitrogen and oxygen atoms in total. The fourth-order valence-electron chi connectivity index (χ4n) is 3.89. The molecule has 1 saturated heterocycles. The number of anilines is 1. The summed E-state index contributed by atoms with van der Waals surface area (Å²) in [6, 6.07) is 8.18. The van der Waals surface area contributed by atoms with Gasteiger partial charge in [-0.05, 0) is 55.5 Å². The first-order valence-electron chi connectivity index (χ1n) is 11.6. The van der Waals surface area contributed by atoms with E-state index in [0.29, 0.717) is 48.0 Å². The highest BCUT2D eigenvalue weighted by molar-refractivity contribution is 5.90. The molecule has 1 aliphatic rings. The van der Waals surface area contributed by atoms with Gasteiger partial charge >= 0.3 is 6.09 Å². The lowest BCUT2D eigenvalue weighted by atomic mass is 10.1. The first-order valence-corrected chi connectivity index (χ1v) is 11.6. The smallest absolute Gasteiger partial charge is 0.414 e. The van der Waals surface area contributed by atoms with Gasteiger partial charge in [-0.2, -0.15) is 4.80 Å². The fraction of sp³-hybridized carbons (Fsp3) is 0.435. The largest absolute Gasteiger partial charge is 0.438 e. The Hall–Kier alpha value is -3.44. The number of nitrogens with zero attached hydrogens (tertiary/aromatic N) is 7. The van der Waals surface area contributed by atoms with Crippen LogP contribution in [0, 0.1) is 5.82 Å². The first kappa shape index (κ1) is 23.7. The van der Waals surface area contributed by atoms with Crippen molar-refractivity contribution in [2.75, 3.05) is 37.6 Å². The van der Waals surface area contributed by atoms with E-state index in [1.165, 1.54) is 11.0 Å². The third-order valence-corrected chi connectivity index (χ3v) is 5.94. The number of aromatic nitrogens is 5. The van der Waals surface area contributed by atoms with Gasteiger partial charge in [0.25, 0.3) is 0 Å². The molecule has 2 aromatic heterocycles. The number of quaternary nitrogens is 1. The molecule has 1 aromatic carbocycles. The van der Waals surface area contributed by atoms with Crippen molar-refractivity contribution in [3.8, 4) is 22.6 Å². The number of pyridine rings is 1. The number of amides is 1. The second-order valence-electron chi connectivity index (χ2n) is 8.09. The Morgan fingerprint density at radius 1 is 1.24 bits per heavy atom. The average molecular weight is 470 g/mol. The summed E-state index contributed by atoms with van der Waals surface area (Å²) >= 11 is 0. The van der Waals surface area contributed by atoms with Gasteiger partial charge in [-0.3, -0.25) is 9.88 Å². The molecule has 1 fully saturated rings. The summed E-state index contributed by atoms with van der Waals surface area (Å²) in [7, 11) is 0. The Labute approximate surface area is 197 Å². The number of cyclic esters (lactones) is 1. The van der Waals surface area contributed by atoms with Gasteiger partial charge in [-0.25, -0.2) is 9.18 Å². The van der Waals surface area contributed by atoms with Crippen molar-refractivity contribution in [2.45, 2.75) is 32.9 Å². The average Bonchev–Trinajstić information content (AvgIpc) is 3.48. The third kappa shape index (κ3) is 5.20. The molecule has 0 radical (unpaired) electrons. The van der Waals surface area contributed by atoms with Crippen molar-refractivity contribution >= 4 is 11.8 Å². The highest BCUT2D eigenvalue weighted by Gasteiger charge is 2.32. The van der Waals surface area contributed by atoms with Crippen molar-refractivity contribution in [3.05, 3.63) is 42.3 Å². The van der Waals surface area contributed by atoms with E-state index in [0.717, 1.165) is 26.1 Å². The van der Waals surface area contributed by atoms with E-state index in [9.17, 15) is 9.18 Å². The van der Waals surface area contributed by atoms with E-state index in [2.05, 4.69) is 44.9 Å². The number of hydrogen-bond acceptors (Lipinski definition) is 7. The first-order chi connectivity index (χ1) is 16.5. The molecule has 1 aliphatic heterocycles. The Morgan fingerprint density at radius 3 is 2.71 bits per heavy atom. The summed E-state index contributed by atoms with van der Waals surface area (Å²) < 4.78 is 20.1. The van der Waals surface area contributed by atoms with E-state index < -0.39 is 11.9 Å². The summed E-state index contributed by atoms with van der Waals surface area (Å²) in [6.45, 7) is 8.83. The van der Waals surface area contributed by atoms with Crippen LogP contribution in [0.3, 0.4) is 0 Å². The second-order valence-corrected chi connectivity index (χ2v) is 8.09. The summed E-state index contributed by atoms with van der Waals surface area (Å²) in [5.41, 5.74) is 5.77. The summed E-state index contributed by atoms with van der Waals surface area (Å²) in [6.07, 6.45) is 1.75. The molecular weight excluding hydrogens is 439 g/mol. The maximum atomic E-state index is 14.9. The Bertz CT molecular complexity index is 1120. The normalized spacial score (nSPS) is 15.9. The zero-order valence-corrected chi connectivity index (χ0v) is 19.5. The maximum Gasteiger partial charge on any atom is 0.414 e. The number of halogens is 1. The van der Waals surface area contributed by atoms with Crippen LogP contribution in [0.25, 0.3) is 22.6 Å². The van der Waals surface area contributed by atoms with E-state index in [1.807, 2.05) is 0 Å². The SMILES string of the molecule is CCN(CC)CCCn1nnc(-c2ccc(-c3ccc(N4C[C@H](C[NH3+])OC4=O)cc3F)cn2)n1. The number of rotatable bonds is 10. The maximum absolute atomic E-state index is 14.9. The number of aryl methyl sites for hydroxylation is 1. The lowest BCUT2D eigenvalue weighted by molar-refractivity contribution is -0.380. The van der Waals surface area contributed by atoms with Crippen LogP contribution in [0.15, 0.2) is 36.5 Å². The Kier molecular flexibility index (Phi) is 7.43. The standard InChI is InChI=1S/C23H29FN8O2/c1-3-30(4-2)10-5-11-32-28-22(27-29-32)21-9-6-16(14-26-21)19-8-7-17(12-20(19)24)31-15-18(13-25)34-23(31)33/h6-9,12,14,18H,3-5,10-11,13,15,25H2,1-2H3/p+1/t18-/m0/s1. The zero-order chi connectivity index (χ0) is 24.1. The van der Waals surface area contributed by atoms with Crippen LogP contribution in [0.5, 0.6) is 0 Å². The zero-order valence-electron chi connectivity index (χ0n) is 19.5. The molecule has 4 rings (SSSR count). The third-order valence-electron chi connectivity index (χ3n) is 5.94. The minimum Gasteiger partial charge on any atom is -0.438 e. The topological polar surface area (TPSA) is 117 Å².